The van der Waals surface area contributed by atoms with E-state index in [1.807, 2.05) is 12.1 Å². The summed E-state index contributed by atoms with van der Waals surface area (Å²) in [5.41, 5.74) is 0.508. The number of ether oxygens (including phenoxy) is 1. The van der Waals surface area contributed by atoms with Crippen LogP contribution in [0, 0.1) is 22.7 Å². The van der Waals surface area contributed by atoms with Gasteiger partial charge in [-0.3, -0.25) is 0 Å². The molecule has 0 aromatic carbocycles. The summed E-state index contributed by atoms with van der Waals surface area (Å²) in [7, 11) is 1.62. The van der Waals surface area contributed by atoms with Gasteiger partial charge in [-0.1, -0.05) is 0 Å². The molecule has 1 rings (SSSR count). The van der Waals surface area contributed by atoms with Crippen LogP contribution in [0.2, 0.25) is 0 Å². The van der Waals surface area contributed by atoms with Crippen molar-refractivity contribution < 1.29 is 4.74 Å². The summed E-state index contributed by atoms with van der Waals surface area (Å²) in [6.07, 6.45) is 2.30. The molecule has 0 fully saturated rings. The Balaban J connectivity index is 2.74. The summed E-state index contributed by atoms with van der Waals surface area (Å²) < 4.78 is 6.55. The molecule has 0 N–H and O–H groups in total. The number of rotatable bonds is 4. The van der Waals surface area contributed by atoms with Crippen LogP contribution < -0.4 is 0 Å². The van der Waals surface area contributed by atoms with E-state index < -0.39 is 0 Å². The maximum Gasteiger partial charge on any atom is 0.176 e. The molecule has 5 nitrogen and oxygen atoms in total. The van der Waals surface area contributed by atoms with Crippen LogP contribution in [-0.4, -0.2) is 23.3 Å². The van der Waals surface area contributed by atoms with Crippen molar-refractivity contribution in [1.82, 2.24) is 9.55 Å². The number of nitrogens with zero attached hydrogens (tertiary/aromatic N) is 4. The minimum atomic E-state index is 0.185. The molecule has 1 aromatic heterocycles. The van der Waals surface area contributed by atoms with Gasteiger partial charge in [0.15, 0.2) is 11.4 Å². The Kier molecular flexibility index (Phi) is 3.66. The van der Waals surface area contributed by atoms with E-state index in [0.29, 0.717) is 18.8 Å². The van der Waals surface area contributed by atoms with Crippen LogP contribution in [-0.2, 0) is 11.3 Å². The molecule has 14 heavy (non-hydrogen) atoms. The molecular formula is C9H10N4O. The van der Waals surface area contributed by atoms with E-state index in [4.69, 9.17) is 15.3 Å². The molecule has 0 amide bonds. The van der Waals surface area contributed by atoms with Crippen molar-refractivity contribution in [2.24, 2.45) is 0 Å². The van der Waals surface area contributed by atoms with Gasteiger partial charge in [-0.25, -0.2) is 4.98 Å². The standard InChI is InChI=1S/C9H10N4O/c1-14-4-2-3-13-7-12-8(5-10)9(13)6-11/h7H,2-4H2,1H3. The molecule has 72 valence electrons. The molecule has 0 radical (unpaired) electrons. The molecule has 0 aliphatic heterocycles. The van der Waals surface area contributed by atoms with Gasteiger partial charge in [-0.05, 0) is 6.42 Å². The van der Waals surface area contributed by atoms with Gasteiger partial charge in [-0.15, -0.1) is 0 Å². The highest BCUT2D eigenvalue weighted by Gasteiger charge is 2.08. The molecule has 0 aliphatic rings. The predicted molar refractivity (Wildman–Crippen MR) is 48.2 cm³/mol. The number of hydrogen-bond acceptors (Lipinski definition) is 4. The number of nitriles is 2. The highest BCUT2D eigenvalue weighted by molar-refractivity contribution is 5.35. The van der Waals surface area contributed by atoms with Crippen molar-refractivity contribution in [2.75, 3.05) is 13.7 Å². The Morgan fingerprint density at radius 3 is 2.86 bits per heavy atom. The fraction of sp³-hybridized carbons (Fsp3) is 0.444. The minimum absolute atomic E-state index is 0.185. The fourth-order valence-electron chi connectivity index (χ4n) is 1.13. The van der Waals surface area contributed by atoms with Crippen LogP contribution in [0.25, 0.3) is 0 Å². The number of aromatic nitrogens is 2. The summed E-state index contributed by atoms with van der Waals surface area (Å²) in [6, 6.07) is 3.83. The van der Waals surface area contributed by atoms with Gasteiger partial charge in [0.05, 0.1) is 6.33 Å². The van der Waals surface area contributed by atoms with Crippen LogP contribution in [0.5, 0.6) is 0 Å². The maximum absolute atomic E-state index is 8.78. The largest absolute Gasteiger partial charge is 0.385 e. The summed E-state index contributed by atoms with van der Waals surface area (Å²) in [4.78, 5) is 3.82. The van der Waals surface area contributed by atoms with Crippen molar-refractivity contribution >= 4 is 0 Å². The van der Waals surface area contributed by atoms with E-state index in [2.05, 4.69) is 4.98 Å². The van der Waals surface area contributed by atoms with Crippen LogP contribution in [0.3, 0.4) is 0 Å². The summed E-state index contributed by atoms with van der Waals surface area (Å²) in [6.45, 7) is 1.27. The van der Waals surface area contributed by atoms with Crippen LogP contribution in [0.4, 0.5) is 0 Å². The van der Waals surface area contributed by atoms with Gasteiger partial charge in [0, 0.05) is 20.3 Å². The molecule has 1 aromatic rings. The third-order valence-electron chi connectivity index (χ3n) is 1.80. The number of hydrogen-bond donors (Lipinski definition) is 0. The molecule has 0 spiro atoms. The van der Waals surface area contributed by atoms with Gasteiger partial charge in [0.1, 0.15) is 12.1 Å². The van der Waals surface area contributed by atoms with Crippen molar-refractivity contribution in [3.05, 3.63) is 17.7 Å². The average molecular weight is 190 g/mol. The van der Waals surface area contributed by atoms with Gasteiger partial charge >= 0.3 is 0 Å². The average Bonchev–Trinajstić information content (AvgIpc) is 2.60. The molecular weight excluding hydrogens is 180 g/mol. The van der Waals surface area contributed by atoms with Crippen molar-refractivity contribution in [1.29, 1.82) is 10.5 Å². The zero-order valence-corrected chi connectivity index (χ0v) is 7.90. The molecule has 0 saturated heterocycles. The van der Waals surface area contributed by atoms with Gasteiger partial charge in [0.2, 0.25) is 0 Å². The Morgan fingerprint density at radius 2 is 2.29 bits per heavy atom. The first kappa shape index (κ1) is 10.2. The van der Waals surface area contributed by atoms with Crippen LogP contribution >= 0.6 is 0 Å². The lowest BCUT2D eigenvalue weighted by atomic mass is 10.3. The van der Waals surface area contributed by atoms with Crippen molar-refractivity contribution in [2.45, 2.75) is 13.0 Å². The first-order valence-electron chi connectivity index (χ1n) is 4.17. The lowest BCUT2D eigenvalue weighted by Crippen LogP contribution is -2.02. The number of imidazole rings is 1. The second kappa shape index (κ2) is 5.00. The van der Waals surface area contributed by atoms with E-state index in [0.717, 1.165) is 6.42 Å². The molecule has 0 saturated carbocycles. The number of aryl methyl sites for hydroxylation is 1. The highest BCUT2D eigenvalue weighted by atomic mass is 16.5. The predicted octanol–water partition coefficient (Wildman–Crippen LogP) is 0.663. The molecule has 1 heterocycles. The van der Waals surface area contributed by atoms with Crippen molar-refractivity contribution in [3.63, 3.8) is 0 Å². The smallest absolute Gasteiger partial charge is 0.176 e. The van der Waals surface area contributed by atoms with E-state index in [1.165, 1.54) is 6.33 Å². The Morgan fingerprint density at radius 1 is 1.50 bits per heavy atom. The highest BCUT2D eigenvalue weighted by Crippen LogP contribution is 2.05. The van der Waals surface area contributed by atoms with Gasteiger partial charge in [0.25, 0.3) is 0 Å². The Labute approximate surface area is 82.2 Å². The zero-order chi connectivity index (χ0) is 10.4. The third-order valence-corrected chi connectivity index (χ3v) is 1.80. The molecule has 0 atom stereocenters. The number of methoxy groups -OCH3 is 1. The second-order valence-corrected chi connectivity index (χ2v) is 2.71. The maximum atomic E-state index is 8.78. The molecule has 5 heteroatoms. The Hall–Kier alpha value is -1.85. The van der Waals surface area contributed by atoms with Crippen LogP contribution in [0.1, 0.15) is 17.8 Å². The van der Waals surface area contributed by atoms with Gasteiger partial charge < -0.3 is 9.30 Å². The van der Waals surface area contributed by atoms with Crippen molar-refractivity contribution in [3.8, 4) is 12.1 Å². The van der Waals surface area contributed by atoms with E-state index >= 15 is 0 Å². The summed E-state index contributed by atoms with van der Waals surface area (Å²) >= 11 is 0. The SMILES string of the molecule is COCCCn1cnc(C#N)c1C#N. The Bertz CT molecular complexity index is 382. The topological polar surface area (TPSA) is 74.6 Å². The molecule has 0 aliphatic carbocycles. The van der Waals surface area contributed by atoms with Gasteiger partial charge in [-0.2, -0.15) is 10.5 Å². The lowest BCUT2D eigenvalue weighted by molar-refractivity contribution is 0.190. The summed E-state index contributed by atoms with van der Waals surface area (Å²) in [5, 5.41) is 17.4. The monoisotopic (exact) mass is 190 g/mol. The van der Waals surface area contributed by atoms with E-state index in [-0.39, 0.29) is 5.69 Å². The second-order valence-electron chi connectivity index (χ2n) is 2.71. The zero-order valence-electron chi connectivity index (χ0n) is 7.90. The van der Waals surface area contributed by atoms with E-state index in [9.17, 15) is 0 Å². The summed E-state index contributed by atoms with van der Waals surface area (Å²) in [5.74, 6) is 0. The molecule has 0 unspecified atom stereocenters. The lowest BCUT2D eigenvalue weighted by Gasteiger charge is -2.01. The fourth-order valence-corrected chi connectivity index (χ4v) is 1.13. The first-order chi connectivity index (χ1) is 6.83. The van der Waals surface area contributed by atoms with Crippen LogP contribution in [0.15, 0.2) is 6.33 Å². The quantitative estimate of drug-likeness (QED) is 0.654. The van der Waals surface area contributed by atoms with E-state index in [1.54, 1.807) is 11.7 Å². The molecule has 0 bridgehead atoms. The first-order valence-corrected chi connectivity index (χ1v) is 4.17. The third kappa shape index (κ3) is 2.09. The normalized spacial score (nSPS) is 9.36. The minimum Gasteiger partial charge on any atom is -0.385 e.